The normalized spacial score (nSPS) is 14.7. The second-order valence-electron chi connectivity index (χ2n) is 6.12. The van der Waals surface area contributed by atoms with Crippen molar-refractivity contribution < 1.29 is 39.9 Å². The molecule has 1 saturated heterocycles. The molecule has 13 heteroatoms. The smallest absolute Gasteiger partial charge is 0.331 e. The lowest BCUT2D eigenvalue weighted by molar-refractivity contribution is 0.0545. The molecule has 30 heavy (non-hydrogen) atoms. The van der Waals surface area contributed by atoms with Crippen molar-refractivity contribution in [3.63, 3.8) is 0 Å². The number of morpholine rings is 1. The molecule has 162 valence electrons. The van der Waals surface area contributed by atoms with Gasteiger partial charge in [0.25, 0.3) is 10.0 Å². The molecule has 0 atom stereocenters. The molecule has 2 amide bonds. The SMILES string of the molecule is O=C(NS(=O)(=O)c1cc(-c2c(F)cc(F)c(F)c2F)c(F)cc1Cl)N1CCOCC1. The number of sulfonamides is 1. The summed E-state index contributed by atoms with van der Waals surface area (Å²) in [6.45, 7) is 0.581. The second-order valence-corrected chi connectivity index (χ2v) is 8.17. The molecule has 0 aliphatic carbocycles. The Morgan fingerprint density at radius 2 is 1.60 bits per heavy atom. The maximum atomic E-state index is 14.3. The Kier molecular flexibility index (Phi) is 6.20. The Morgan fingerprint density at radius 3 is 2.23 bits per heavy atom. The highest BCUT2D eigenvalue weighted by atomic mass is 35.5. The lowest BCUT2D eigenvalue weighted by Gasteiger charge is -2.26. The standard InChI is InChI=1S/C17H12ClF5N2O4S/c18-9-6-10(19)8(14-11(20)7-12(21)15(22)16(14)23)5-13(9)30(27,28)24-17(26)25-1-3-29-4-2-25/h5-7H,1-4H2,(H,24,26). The maximum absolute atomic E-state index is 14.3. The van der Waals surface area contributed by atoms with Gasteiger partial charge in [0.1, 0.15) is 16.5 Å². The summed E-state index contributed by atoms with van der Waals surface area (Å²) in [5.74, 6) is -9.07. The van der Waals surface area contributed by atoms with E-state index >= 15 is 0 Å². The fraction of sp³-hybridized carbons (Fsp3) is 0.235. The number of ether oxygens (including phenoxy) is 1. The van der Waals surface area contributed by atoms with Gasteiger partial charge in [0.15, 0.2) is 17.5 Å². The molecule has 0 unspecified atom stereocenters. The molecule has 3 rings (SSSR count). The Balaban J connectivity index is 2.06. The van der Waals surface area contributed by atoms with Crippen LogP contribution in [0.2, 0.25) is 5.02 Å². The van der Waals surface area contributed by atoms with Crippen LogP contribution < -0.4 is 4.72 Å². The van der Waals surface area contributed by atoms with E-state index in [-0.39, 0.29) is 32.4 Å². The predicted octanol–water partition coefficient (Wildman–Crippen LogP) is 3.43. The first-order valence-electron chi connectivity index (χ1n) is 8.25. The van der Waals surface area contributed by atoms with Crippen LogP contribution in [0.25, 0.3) is 11.1 Å². The number of urea groups is 1. The number of amides is 2. The average molecular weight is 471 g/mol. The van der Waals surface area contributed by atoms with Crippen LogP contribution >= 0.6 is 11.6 Å². The van der Waals surface area contributed by atoms with Gasteiger partial charge in [-0.3, -0.25) is 0 Å². The average Bonchev–Trinajstić information content (AvgIpc) is 2.68. The molecule has 1 fully saturated rings. The van der Waals surface area contributed by atoms with Crippen LogP contribution in [0.1, 0.15) is 0 Å². The van der Waals surface area contributed by atoms with Crippen molar-refractivity contribution in [3.8, 4) is 11.1 Å². The second kappa shape index (κ2) is 8.36. The van der Waals surface area contributed by atoms with Gasteiger partial charge in [-0.15, -0.1) is 0 Å². The van der Waals surface area contributed by atoms with Gasteiger partial charge in [-0.05, 0) is 12.1 Å². The third-order valence-corrected chi connectivity index (χ3v) is 6.00. The molecule has 1 aliphatic heterocycles. The number of halogens is 6. The zero-order chi connectivity index (χ0) is 22.2. The van der Waals surface area contributed by atoms with Gasteiger partial charge in [-0.25, -0.2) is 39.9 Å². The van der Waals surface area contributed by atoms with Crippen LogP contribution in [0.5, 0.6) is 0 Å². The third kappa shape index (κ3) is 4.20. The van der Waals surface area contributed by atoms with Crippen LogP contribution in [-0.4, -0.2) is 45.7 Å². The van der Waals surface area contributed by atoms with E-state index < -0.39 is 66.2 Å². The number of carbonyl (C=O) groups excluding carboxylic acids is 1. The first-order valence-corrected chi connectivity index (χ1v) is 10.1. The maximum Gasteiger partial charge on any atom is 0.331 e. The van der Waals surface area contributed by atoms with Crippen LogP contribution in [0.15, 0.2) is 23.1 Å². The van der Waals surface area contributed by atoms with E-state index in [0.29, 0.717) is 12.1 Å². The van der Waals surface area contributed by atoms with Crippen molar-refractivity contribution in [2.45, 2.75) is 4.90 Å². The van der Waals surface area contributed by atoms with E-state index in [2.05, 4.69) is 0 Å². The largest absolute Gasteiger partial charge is 0.378 e. The number of hydrogen-bond acceptors (Lipinski definition) is 4. The number of nitrogens with zero attached hydrogens (tertiary/aromatic N) is 1. The van der Waals surface area contributed by atoms with E-state index in [1.165, 1.54) is 0 Å². The van der Waals surface area contributed by atoms with Crippen LogP contribution in [-0.2, 0) is 14.8 Å². The van der Waals surface area contributed by atoms with E-state index in [0.717, 1.165) is 4.90 Å². The van der Waals surface area contributed by atoms with Crippen LogP contribution in [0.3, 0.4) is 0 Å². The van der Waals surface area contributed by atoms with Crippen molar-refractivity contribution in [1.29, 1.82) is 0 Å². The molecule has 0 bridgehead atoms. The van der Waals surface area contributed by atoms with Crippen molar-refractivity contribution in [3.05, 3.63) is 52.3 Å². The van der Waals surface area contributed by atoms with Gasteiger partial charge in [-0.1, -0.05) is 11.6 Å². The number of hydrogen-bond donors (Lipinski definition) is 1. The minimum Gasteiger partial charge on any atom is -0.378 e. The van der Waals surface area contributed by atoms with Crippen molar-refractivity contribution in [1.82, 2.24) is 9.62 Å². The summed E-state index contributed by atoms with van der Waals surface area (Å²) in [6, 6.07) is -0.197. The Hall–Kier alpha value is -2.44. The van der Waals surface area contributed by atoms with Gasteiger partial charge in [-0.2, -0.15) is 0 Å². The lowest BCUT2D eigenvalue weighted by Crippen LogP contribution is -2.47. The Morgan fingerprint density at radius 1 is 0.967 bits per heavy atom. The van der Waals surface area contributed by atoms with E-state index in [4.69, 9.17) is 16.3 Å². The number of rotatable bonds is 3. The van der Waals surface area contributed by atoms with Crippen LogP contribution in [0.4, 0.5) is 26.7 Å². The quantitative estimate of drug-likeness (QED) is 0.424. The van der Waals surface area contributed by atoms with Crippen molar-refractivity contribution in [2.24, 2.45) is 0 Å². The number of benzene rings is 2. The summed E-state index contributed by atoms with van der Waals surface area (Å²) in [5, 5.41) is -0.707. The minimum absolute atomic E-state index is 0.0177. The highest BCUT2D eigenvalue weighted by Crippen LogP contribution is 2.35. The number of carbonyl (C=O) groups is 1. The van der Waals surface area contributed by atoms with Gasteiger partial charge in [0, 0.05) is 24.7 Å². The zero-order valence-corrected chi connectivity index (χ0v) is 16.4. The number of nitrogens with one attached hydrogen (secondary N) is 1. The third-order valence-electron chi connectivity index (χ3n) is 4.21. The monoisotopic (exact) mass is 470 g/mol. The summed E-state index contributed by atoms with van der Waals surface area (Å²) in [7, 11) is -4.72. The van der Waals surface area contributed by atoms with E-state index in [9.17, 15) is 35.2 Å². The van der Waals surface area contributed by atoms with Gasteiger partial charge in [0.2, 0.25) is 0 Å². The van der Waals surface area contributed by atoms with Crippen LogP contribution in [0, 0.1) is 29.1 Å². The molecule has 0 saturated carbocycles. The van der Waals surface area contributed by atoms with Gasteiger partial charge in [0.05, 0.1) is 23.8 Å². The highest BCUT2D eigenvalue weighted by molar-refractivity contribution is 7.90. The van der Waals surface area contributed by atoms with E-state index in [1.807, 2.05) is 0 Å². The Labute approximate surface area is 172 Å². The van der Waals surface area contributed by atoms with Gasteiger partial charge < -0.3 is 9.64 Å². The topological polar surface area (TPSA) is 75.7 Å². The summed E-state index contributed by atoms with van der Waals surface area (Å²) in [5.41, 5.74) is -2.37. The Bertz CT molecular complexity index is 1120. The van der Waals surface area contributed by atoms with Gasteiger partial charge >= 0.3 is 6.03 Å². The summed E-state index contributed by atoms with van der Waals surface area (Å²) in [4.78, 5) is 12.4. The molecule has 2 aromatic carbocycles. The summed E-state index contributed by atoms with van der Waals surface area (Å²) >= 11 is 5.75. The van der Waals surface area contributed by atoms with E-state index in [1.54, 1.807) is 4.72 Å². The first kappa shape index (κ1) is 22.2. The molecule has 6 nitrogen and oxygen atoms in total. The molecular formula is C17H12ClF5N2O4S. The molecule has 2 aromatic rings. The minimum atomic E-state index is -4.72. The zero-order valence-electron chi connectivity index (χ0n) is 14.8. The summed E-state index contributed by atoms with van der Waals surface area (Å²) < 4.78 is 101. The molecular weight excluding hydrogens is 459 g/mol. The molecule has 1 aliphatic rings. The lowest BCUT2D eigenvalue weighted by atomic mass is 10.0. The highest BCUT2D eigenvalue weighted by Gasteiger charge is 2.29. The molecule has 1 N–H and O–H groups in total. The van der Waals surface area contributed by atoms with Crippen molar-refractivity contribution in [2.75, 3.05) is 26.3 Å². The first-order chi connectivity index (χ1) is 14.0. The molecule has 0 aromatic heterocycles. The fourth-order valence-electron chi connectivity index (χ4n) is 2.74. The predicted molar refractivity (Wildman–Crippen MR) is 94.8 cm³/mol. The fourth-order valence-corrected chi connectivity index (χ4v) is 4.25. The molecule has 0 spiro atoms. The molecule has 1 heterocycles. The summed E-state index contributed by atoms with van der Waals surface area (Å²) in [6.07, 6.45) is 0. The van der Waals surface area contributed by atoms with Crippen molar-refractivity contribution >= 4 is 27.7 Å². The molecule has 0 radical (unpaired) electrons.